The van der Waals surface area contributed by atoms with E-state index in [4.69, 9.17) is 4.74 Å². The van der Waals surface area contributed by atoms with Gasteiger partial charge in [0, 0.05) is 18.3 Å². The van der Waals surface area contributed by atoms with Crippen LogP contribution in [0, 0.1) is 46.3 Å². The third-order valence-electron chi connectivity index (χ3n) is 11.5. The third-order valence-corrected chi connectivity index (χ3v) is 11.5. The number of aliphatic hydroxyl groups excluding tert-OH is 2. The molecule has 0 aromatic carbocycles. The van der Waals surface area contributed by atoms with E-state index in [0.29, 0.717) is 47.4 Å². The summed E-state index contributed by atoms with van der Waals surface area (Å²) in [6, 6.07) is 0. The molecule has 0 spiro atoms. The number of ketones is 1. The lowest BCUT2D eigenvalue weighted by Crippen LogP contribution is -2.58. The van der Waals surface area contributed by atoms with Crippen LogP contribution < -0.4 is 0 Å². The Labute approximate surface area is 198 Å². The number of carbonyl (C=O) groups excluding carboxylic acids is 2. The highest BCUT2D eigenvalue weighted by atomic mass is 16.5. The van der Waals surface area contributed by atoms with Crippen molar-refractivity contribution in [1.82, 2.24) is 0 Å². The predicted octanol–water partition coefficient (Wildman–Crippen LogP) is 4.45. The maximum Gasteiger partial charge on any atom is 0.336 e. The Bertz CT molecular complexity index is 862. The van der Waals surface area contributed by atoms with Crippen molar-refractivity contribution in [3.63, 3.8) is 0 Å². The van der Waals surface area contributed by atoms with E-state index in [1.807, 2.05) is 6.92 Å². The van der Waals surface area contributed by atoms with Crippen LogP contribution in [-0.4, -0.2) is 40.8 Å². The Morgan fingerprint density at radius 3 is 2.52 bits per heavy atom. The Morgan fingerprint density at radius 1 is 1.06 bits per heavy atom. The van der Waals surface area contributed by atoms with Gasteiger partial charge in [-0.1, -0.05) is 26.3 Å². The second-order valence-electron chi connectivity index (χ2n) is 12.6. The van der Waals surface area contributed by atoms with Crippen molar-refractivity contribution in [2.75, 3.05) is 6.61 Å². The SMILES string of the molecule is CC1=C(CO)C(=O)OC([C@@H](C)C2CCC3C4CCC5C[C@@H](O)CC(=O)[C@]5(C)C4CC[C@@]32C)C1. The van der Waals surface area contributed by atoms with Gasteiger partial charge >= 0.3 is 5.97 Å². The highest BCUT2D eigenvalue weighted by Gasteiger charge is 2.63. The second kappa shape index (κ2) is 8.19. The Balaban J connectivity index is 1.36. The molecule has 0 bridgehead atoms. The van der Waals surface area contributed by atoms with E-state index in [1.165, 1.54) is 19.3 Å². The van der Waals surface area contributed by atoms with E-state index in [2.05, 4.69) is 20.8 Å². The number of hydrogen-bond donors (Lipinski definition) is 2. The van der Waals surface area contributed by atoms with E-state index in [9.17, 15) is 19.8 Å². The average Bonchev–Trinajstić information content (AvgIpc) is 3.11. The lowest BCUT2D eigenvalue weighted by molar-refractivity contribution is -0.164. The summed E-state index contributed by atoms with van der Waals surface area (Å²) < 4.78 is 5.85. The van der Waals surface area contributed by atoms with Crippen molar-refractivity contribution in [2.24, 2.45) is 46.3 Å². The summed E-state index contributed by atoms with van der Waals surface area (Å²) in [6.45, 7) is 8.69. The van der Waals surface area contributed by atoms with Gasteiger partial charge < -0.3 is 14.9 Å². The summed E-state index contributed by atoms with van der Waals surface area (Å²) in [5.74, 6) is 2.78. The van der Waals surface area contributed by atoms with Crippen molar-refractivity contribution in [3.05, 3.63) is 11.1 Å². The molecule has 5 aliphatic rings. The van der Waals surface area contributed by atoms with Crippen molar-refractivity contribution in [3.8, 4) is 0 Å². The van der Waals surface area contributed by atoms with Gasteiger partial charge in [0.25, 0.3) is 0 Å². The first-order chi connectivity index (χ1) is 15.6. The summed E-state index contributed by atoms with van der Waals surface area (Å²) in [6.07, 6.45) is 8.19. The molecule has 4 saturated carbocycles. The van der Waals surface area contributed by atoms with Gasteiger partial charge in [-0.25, -0.2) is 4.79 Å². The maximum absolute atomic E-state index is 13.2. The molecule has 5 rings (SSSR count). The molecule has 2 N–H and O–H groups in total. The normalized spacial score (nSPS) is 48.6. The number of ether oxygens (including phenoxy) is 1. The zero-order chi connectivity index (χ0) is 23.7. The minimum Gasteiger partial charge on any atom is -0.458 e. The number of fused-ring (bicyclic) bond motifs is 5. The summed E-state index contributed by atoms with van der Waals surface area (Å²) in [4.78, 5) is 25.7. The number of aliphatic hydroxyl groups is 2. The molecule has 0 aromatic heterocycles. The van der Waals surface area contributed by atoms with Crippen LogP contribution in [0.1, 0.15) is 85.5 Å². The van der Waals surface area contributed by atoms with E-state index in [-0.39, 0.29) is 35.4 Å². The van der Waals surface area contributed by atoms with Crippen LogP contribution in [0.25, 0.3) is 0 Å². The van der Waals surface area contributed by atoms with Crippen molar-refractivity contribution in [2.45, 2.75) is 97.7 Å². The van der Waals surface area contributed by atoms with Gasteiger partial charge in [-0.05, 0) is 92.8 Å². The van der Waals surface area contributed by atoms with Crippen LogP contribution in [0.15, 0.2) is 11.1 Å². The fourth-order valence-corrected chi connectivity index (χ4v) is 9.58. The number of hydrogen-bond acceptors (Lipinski definition) is 5. The molecule has 0 amide bonds. The van der Waals surface area contributed by atoms with E-state index < -0.39 is 6.10 Å². The molecule has 4 fully saturated rings. The number of cyclic esters (lactones) is 1. The Morgan fingerprint density at radius 2 is 1.82 bits per heavy atom. The van der Waals surface area contributed by atoms with Crippen LogP contribution in [0.3, 0.4) is 0 Å². The minimum absolute atomic E-state index is 0.110. The van der Waals surface area contributed by atoms with Gasteiger partial charge in [-0.3, -0.25) is 4.79 Å². The number of rotatable bonds is 3. The van der Waals surface area contributed by atoms with Gasteiger partial charge in [-0.2, -0.15) is 0 Å². The molecule has 5 nitrogen and oxygen atoms in total. The molecule has 0 radical (unpaired) electrons. The molecule has 10 atom stereocenters. The maximum atomic E-state index is 13.2. The van der Waals surface area contributed by atoms with Gasteiger partial charge in [0.05, 0.1) is 18.3 Å². The van der Waals surface area contributed by atoms with Crippen LogP contribution in [-0.2, 0) is 14.3 Å². The predicted molar refractivity (Wildman–Crippen MR) is 125 cm³/mol. The standard InChI is InChI=1S/C28H42O5/c1-15-11-24(33-26(32)20(15)14-29)16(2)21-7-8-22-19-6-5-17-12-18(30)13-25(31)28(17,4)23(19)9-10-27(21,22)3/h16-19,21-24,29-30H,5-14H2,1-4H3/t16-,17?,18+,19?,21?,22?,23?,24?,27+,28-/m0/s1. The van der Waals surface area contributed by atoms with Crippen molar-refractivity contribution in [1.29, 1.82) is 0 Å². The van der Waals surface area contributed by atoms with E-state index in [1.54, 1.807) is 0 Å². The first-order valence-electron chi connectivity index (χ1n) is 13.3. The van der Waals surface area contributed by atoms with Crippen LogP contribution in [0.5, 0.6) is 0 Å². The van der Waals surface area contributed by atoms with Crippen LogP contribution in [0.4, 0.5) is 0 Å². The first-order valence-corrected chi connectivity index (χ1v) is 13.3. The first kappa shape index (κ1) is 23.5. The largest absolute Gasteiger partial charge is 0.458 e. The molecular formula is C28H42O5. The zero-order valence-electron chi connectivity index (χ0n) is 20.8. The highest BCUT2D eigenvalue weighted by Crippen LogP contribution is 2.68. The monoisotopic (exact) mass is 458 g/mol. The lowest BCUT2D eigenvalue weighted by atomic mass is 9.44. The molecule has 33 heavy (non-hydrogen) atoms. The molecule has 1 aliphatic heterocycles. The highest BCUT2D eigenvalue weighted by molar-refractivity contribution is 5.90. The van der Waals surface area contributed by atoms with Gasteiger partial charge in [0.15, 0.2) is 0 Å². The number of Topliss-reactive ketones (excluding diaryl/α,β-unsaturated/α-hetero) is 1. The fraction of sp³-hybridized carbons (Fsp3) is 0.857. The summed E-state index contributed by atoms with van der Waals surface area (Å²) in [5, 5.41) is 19.7. The Kier molecular flexibility index (Phi) is 5.84. The Hall–Kier alpha value is -1.20. The molecule has 6 unspecified atom stereocenters. The quantitative estimate of drug-likeness (QED) is 0.611. The van der Waals surface area contributed by atoms with Gasteiger partial charge in [0.2, 0.25) is 0 Å². The smallest absolute Gasteiger partial charge is 0.336 e. The molecule has 0 aromatic rings. The average molecular weight is 459 g/mol. The van der Waals surface area contributed by atoms with E-state index >= 15 is 0 Å². The van der Waals surface area contributed by atoms with Crippen LogP contribution in [0.2, 0.25) is 0 Å². The topological polar surface area (TPSA) is 83.8 Å². The number of carbonyl (C=O) groups is 2. The molecule has 1 heterocycles. The third kappa shape index (κ3) is 3.39. The lowest BCUT2D eigenvalue weighted by Gasteiger charge is -2.60. The van der Waals surface area contributed by atoms with E-state index in [0.717, 1.165) is 37.7 Å². The molecule has 4 aliphatic carbocycles. The van der Waals surface area contributed by atoms with Gasteiger partial charge in [-0.15, -0.1) is 0 Å². The molecule has 184 valence electrons. The molecule has 5 heteroatoms. The second-order valence-corrected chi connectivity index (χ2v) is 12.6. The van der Waals surface area contributed by atoms with Crippen LogP contribution >= 0.6 is 0 Å². The van der Waals surface area contributed by atoms with Gasteiger partial charge in [0.1, 0.15) is 11.9 Å². The minimum atomic E-state index is -0.445. The van der Waals surface area contributed by atoms with Crippen molar-refractivity contribution < 1.29 is 24.5 Å². The van der Waals surface area contributed by atoms with Crippen molar-refractivity contribution >= 4 is 11.8 Å². The summed E-state index contributed by atoms with van der Waals surface area (Å²) >= 11 is 0. The number of esters is 1. The fourth-order valence-electron chi connectivity index (χ4n) is 9.58. The zero-order valence-corrected chi connectivity index (χ0v) is 20.8. The summed E-state index contributed by atoms with van der Waals surface area (Å²) in [5.41, 5.74) is 1.37. The summed E-state index contributed by atoms with van der Waals surface area (Å²) in [7, 11) is 0. The molecular weight excluding hydrogens is 416 g/mol. The molecule has 0 saturated heterocycles.